The molecule has 3 heterocycles. The summed E-state index contributed by atoms with van der Waals surface area (Å²) in [6.45, 7) is 6.09. The molecule has 0 radical (unpaired) electrons. The van der Waals surface area contributed by atoms with Gasteiger partial charge in [-0.2, -0.15) is 0 Å². The van der Waals surface area contributed by atoms with Crippen molar-refractivity contribution in [2.75, 3.05) is 10.6 Å². The fraction of sp³-hybridized carbons (Fsp3) is 0.321. The first-order chi connectivity index (χ1) is 18.4. The summed E-state index contributed by atoms with van der Waals surface area (Å²) < 4.78 is 21.6. The van der Waals surface area contributed by atoms with E-state index in [2.05, 4.69) is 20.9 Å². The van der Waals surface area contributed by atoms with Crippen LogP contribution in [0.2, 0.25) is 10.0 Å². The molecule has 2 aliphatic rings. The summed E-state index contributed by atoms with van der Waals surface area (Å²) >= 11 is 12.4. The maximum Gasteiger partial charge on any atom is 0.413 e. The number of amides is 2. The second-order valence-electron chi connectivity index (χ2n) is 11.0. The first-order valence-corrected chi connectivity index (χ1v) is 13.1. The van der Waals surface area contributed by atoms with E-state index >= 15 is 4.39 Å². The molecule has 1 aromatic heterocycles. The van der Waals surface area contributed by atoms with Gasteiger partial charge in [-0.05, 0) is 47.2 Å². The molecule has 0 aliphatic carbocycles. The van der Waals surface area contributed by atoms with E-state index in [0.717, 1.165) is 0 Å². The van der Waals surface area contributed by atoms with E-state index in [1.54, 1.807) is 30.3 Å². The van der Waals surface area contributed by atoms with Crippen molar-refractivity contribution < 1.29 is 18.7 Å². The maximum atomic E-state index is 15.7. The van der Waals surface area contributed by atoms with Crippen LogP contribution in [0.4, 0.5) is 20.6 Å². The Hall–Kier alpha value is -3.40. The van der Waals surface area contributed by atoms with Crippen LogP contribution in [0.15, 0.2) is 59.5 Å². The second-order valence-corrected chi connectivity index (χ2v) is 11.9. The lowest BCUT2D eigenvalue weighted by atomic mass is 9.63. The molecule has 4 atom stereocenters. The van der Waals surface area contributed by atoms with Crippen molar-refractivity contribution >= 4 is 46.6 Å². The number of hydrogen-bond acceptors (Lipinski definition) is 5. The molecule has 39 heavy (non-hydrogen) atoms. The van der Waals surface area contributed by atoms with Gasteiger partial charge in [-0.1, -0.05) is 62.2 Å². The van der Waals surface area contributed by atoms with Crippen molar-refractivity contribution in [1.29, 1.82) is 0 Å². The maximum absolute atomic E-state index is 15.7. The summed E-state index contributed by atoms with van der Waals surface area (Å²) in [6.07, 6.45) is -0.155. The molecule has 0 saturated carbocycles. The lowest BCUT2D eigenvalue weighted by Gasteiger charge is -2.37. The third-order valence-corrected chi connectivity index (χ3v) is 7.68. The summed E-state index contributed by atoms with van der Waals surface area (Å²) in [6, 6.07) is 11.8. The first-order valence-electron chi connectivity index (χ1n) is 12.4. The van der Waals surface area contributed by atoms with Gasteiger partial charge in [-0.15, -0.1) is 0 Å². The number of benzene rings is 2. The molecule has 2 aliphatic heterocycles. The van der Waals surface area contributed by atoms with Gasteiger partial charge in [0.15, 0.2) is 6.23 Å². The van der Waals surface area contributed by atoms with Crippen molar-refractivity contribution in [3.63, 3.8) is 0 Å². The Morgan fingerprint density at radius 2 is 1.90 bits per heavy atom. The van der Waals surface area contributed by atoms with E-state index in [1.807, 2.05) is 20.8 Å². The predicted molar refractivity (Wildman–Crippen MR) is 148 cm³/mol. The summed E-state index contributed by atoms with van der Waals surface area (Å²) in [4.78, 5) is 41.3. The van der Waals surface area contributed by atoms with E-state index in [9.17, 15) is 14.4 Å². The smallest absolute Gasteiger partial charge is 0.413 e. The highest BCUT2D eigenvalue weighted by atomic mass is 35.5. The molecule has 1 spiro atoms. The zero-order valence-electron chi connectivity index (χ0n) is 21.4. The number of pyridine rings is 1. The Labute approximate surface area is 234 Å². The monoisotopic (exact) mass is 572 g/mol. The van der Waals surface area contributed by atoms with E-state index in [1.165, 1.54) is 24.4 Å². The van der Waals surface area contributed by atoms with Gasteiger partial charge >= 0.3 is 6.09 Å². The van der Waals surface area contributed by atoms with Crippen LogP contribution in [0.5, 0.6) is 0 Å². The number of anilines is 2. The molecule has 2 aromatic carbocycles. The molecule has 0 unspecified atom stereocenters. The van der Waals surface area contributed by atoms with Gasteiger partial charge in [0.2, 0.25) is 11.5 Å². The van der Waals surface area contributed by atoms with Crippen molar-refractivity contribution in [2.45, 2.75) is 50.8 Å². The highest BCUT2D eigenvalue weighted by Gasteiger charge is 2.66. The molecular weight excluding hydrogens is 546 g/mol. The second kappa shape index (κ2) is 9.97. The third kappa shape index (κ3) is 4.90. The van der Waals surface area contributed by atoms with Crippen molar-refractivity contribution in [3.05, 3.63) is 92.1 Å². The molecule has 4 N–H and O–H groups in total. The fourth-order valence-corrected chi connectivity index (χ4v) is 6.11. The summed E-state index contributed by atoms with van der Waals surface area (Å²) in [5.74, 6) is -2.08. The summed E-state index contributed by atoms with van der Waals surface area (Å²) in [5.41, 5.74) is -0.580. The van der Waals surface area contributed by atoms with Gasteiger partial charge in [0.25, 0.3) is 0 Å². The molecule has 1 fully saturated rings. The Morgan fingerprint density at radius 1 is 1.13 bits per heavy atom. The van der Waals surface area contributed by atoms with Crippen LogP contribution in [0.25, 0.3) is 0 Å². The zero-order valence-corrected chi connectivity index (χ0v) is 22.9. The third-order valence-electron chi connectivity index (χ3n) is 7.15. The Morgan fingerprint density at radius 3 is 2.62 bits per heavy atom. The minimum atomic E-state index is -1.37. The lowest BCUT2D eigenvalue weighted by Crippen LogP contribution is -2.49. The highest BCUT2D eigenvalue weighted by Crippen LogP contribution is 2.57. The number of carbonyl (C=O) groups is 2. The van der Waals surface area contributed by atoms with Crippen molar-refractivity contribution in [1.82, 2.24) is 10.3 Å². The molecule has 8 nitrogen and oxygen atoms in total. The van der Waals surface area contributed by atoms with Crippen LogP contribution in [-0.4, -0.2) is 29.3 Å². The standard InChI is InChI=1S/C28H27Cl2FN4O4/c1-27(2,3)13-20-28(17-8-7-14(29)11-19(17)34-25(28)37)22(16-5-4-6-18(30)23(16)31)24(35-20)39-26(38)33-15-9-10-32-21(36)12-15/h4-12,20,22,24,35H,13H2,1-3H3,(H,34,37)(H2,32,33,36,38)/t20-,22-,24+,28+/m0/s1. The van der Waals surface area contributed by atoms with Crippen LogP contribution < -0.4 is 21.5 Å². The summed E-state index contributed by atoms with van der Waals surface area (Å²) in [5, 5.41) is 9.10. The van der Waals surface area contributed by atoms with E-state index in [4.69, 9.17) is 27.9 Å². The minimum Gasteiger partial charge on any atom is -0.429 e. The number of hydrogen-bond donors (Lipinski definition) is 4. The number of nitrogens with one attached hydrogen (secondary N) is 4. The fourth-order valence-electron chi connectivity index (χ4n) is 5.75. The largest absolute Gasteiger partial charge is 0.429 e. The topological polar surface area (TPSA) is 112 Å². The Bertz CT molecular complexity index is 1520. The average molecular weight is 573 g/mol. The van der Waals surface area contributed by atoms with Crippen LogP contribution in [-0.2, 0) is 14.9 Å². The van der Waals surface area contributed by atoms with Gasteiger partial charge in [-0.3, -0.25) is 20.2 Å². The molecule has 204 valence electrons. The molecule has 1 saturated heterocycles. The van der Waals surface area contributed by atoms with Gasteiger partial charge in [0.05, 0.1) is 16.6 Å². The predicted octanol–water partition coefficient (Wildman–Crippen LogP) is 5.78. The van der Waals surface area contributed by atoms with Crippen LogP contribution >= 0.6 is 23.2 Å². The number of carbonyl (C=O) groups excluding carboxylic acids is 2. The van der Waals surface area contributed by atoms with Crippen molar-refractivity contribution in [3.8, 4) is 0 Å². The number of rotatable bonds is 4. The van der Waals surface area contributed by atoms with E-state index < -0.39 is 41.1 Å². The van der Waals surface area contributed by atoms with Gasteiger partial charge < -0.3 is 15.0 Å². The molecule has 11 heteroatoms. The Kier molecular flexibility index (Phi) is 6.95. The van der Waals surface area contributed by atoms with Gasteiger partial charge in [0, 0.05) is 29.0 Å². The van der Waals surface area contributed by atoms with Crippen LogP contribution in [0.1, 0.15) is 44.2 Å². The average Bonchev–Trinajstić information content (AvgIpc) is 3.28. The lowest BCUT2D eigenvalue weighted by molar-refractivity contribution is -0.122. The van der Waals surface area contributed by atoms with Crippen LogP contribution in [0.3, 0.4) is 0 Å². The first kappa shape index (κ1) is 27.2. The number of halogens is 3. The highest BCUT2D eigenvalue weighted by molar-refractivity contribution is 6.31. The Balaban J connectivity index is 1.66. The summed E-state index contributed by atoms with van der Waals surface area (Å²) in [7, 11) is 0. The molecule has 5 rings (SSSR count). The van der Waals surface area contributed by atoms with Gasteiger partial charge in [0.1, 0.15) is 11.2 Å². The molecule has 2 amide bonds. The number of ether oxygens (including phenoxy) is 1. The van der Waals surface area contributed by atoms with E-state index in [0.29, 0.717) is 22.7 Å². The van der Waals surface area contributed by atoms with Gasteiger partial charge in [-0.25, -0.2) is 9.18 Å². The SMILES string of the molecule is CC(C)(C)C[C@@H]1N[C@H](OC(=O)Nc2cc[nH]c(=O)c2)[C@H](c2cccc(Cl)c2F)[C@]12C(=O)Nc1cc(Cl)ccc12. The normalized spacial score (nSPS) is 23.9. The van der Waals surface area contributed by atoms with E-state index in [-0.39, 0.29) is 27.6 Å². The molecule has 0 bridgehead atoms. The number of H-pyrrole nitrogens is 1. The zero-order chi connectivity index (χ0) is 28.1. The number of fused-ring (bicyclic) bond motifs is 2. The molecular formula is C28H27Cl2FN4O4. The molecule has 3 aromatic rings. The number of aromatic amines is 1. The minimum absolute atomic E-state index is 0.122. The number of aromatic nitrogens is 1. The van der Waals surface area contributed by atoms with Crippen LogP contribution in [0, 0.1) is 11.2 Å². The van der Waals surface area contributed by atoms with Crippen molar-refractivity contribution in [2.24, 2.45) is 5.41 Å². The quantitative estimate of drug-likeness (QED) is 0.316.